The van der Waals surface area contributed by atoms with E-state index in [-0.39, 0.29) is 23.8 Å². The third kappa shape index (κ3) is 6.71. The first-order valence-electron chi connectivity index (χ1n) is 8.78. The van der Waals surface area contributed by atoms with Gasteiger partial charge < -0.3 is 15.2 Å². The SMILES string of the molecule is CCCC(NCC(=O)Nc1ccc(S(=O)(=O)N2CCOCC2)cc1)C(=O)O.Cl. The van der Waals surface area contributed by atoms with Gasteiger partial charge in [0, 0.05) is 18.8 Å². The summed E-state index contributed by atoms with van der Waals surface area (Å²) in [6, 6.07) is 5.11. The Bertz CT molecular complexity index is 751. The van der Waals surface area contributed by atoms with Gasteiger partial charge in [0.1, 0.15) is 6.04 Å². The van der Waals surface area contributed by atoms with Crippen molar-refractivity contribution in [2.24, 2.45) is 0 Å². The molecule has 3 N–H and O–H groups in total. The van der Waals surface area contributed by atoms with Gasteiger partial charge in [0.15, 0.2) is 0 Å². The number of nitrogens with one attached hydrogen (secondary N) is 2. The second-order valence-electron chi connectivity index (χ2n) is 6.15. The van der Waals surface area contributed by atoms with Gasteiger partial charge in [-0.3, -0.25) is 14.9 Å². The van der Waals surface area contributed by atoms with Crippen LogP contribution >= 0.6 is 12.4 Å². The third-order valence-electron chi connectivity index (χ3n) is 4.13. The highest BCUT2D eigenvalue weighted by Crippen LogP contribution is 2.19. The van der Waals surface area contributed by atoms with Gasteiger partial charge in [0.2, 0.25) is 15.9 Å². The van der Waals surface area contributed by atoms with E-state index in [2.05, 4.69) is 10.6 Å². The molecular formula is C17H26ClN3O6S. The van der Waals surface area contributed by atoms with Crippen LogP contribution in [0.15, 0.2) is 29.2 Å². The summed E-state index contributed by atoms with van der Waals surface area (Å²) in [5.41, 5.74) is 0.435. The fourth-order valence-corrected chi connectivity index (χ4v) is 4.08. The standard InChI is InChI=1S/C17H25N3O6S.ClH/c1-2-3-15(17(22)23)18-12-16(21)19-13-4-6-14(7-5-13)27(24,25)20-8-10-26-11-9-20;/h4-7,15,18H,2-3,8-12H2,1H3,(H,19,21)(H,22,23);1H. The predicted octanol–water partition coefficient (Wildman–Crippen LogP) is 0.911. The number of ether oxygens (including phenoxy) is 1. The highest BCUT2D eigenvalue weighted by Gasteiger charge is 2.26. The van der Waals surface area contributed by atoms with Crippen molar-refractivity contribution in [3.05, 3.63) is 24.3 Å². The lowest BCUT2D eigenvalue weighted by Gasteiger charge is -2.26. The van der Waals surface area contributed by atoms with Crippen LogP contribution in [0.25, 0.3) is 0 Å². The first-order valence-corrected chi connectivity index (χ1v) is 10.2. The maximum absolute atomic E-state index is 12.5. The van der Waals surface area contributed by atoms with Crippen molar-refractivity contribution in [3.63, 3.8) is 0 Å². The predicted molar refractivity (Wildman–Crippen MR) is 106 cm³/mol. The Balaban J connectivity index is 0.00000392. The van der Waals surface area contributed by atoms with E-state index in [0.717, 1.165) is 0 Å². The zero-order valence-electron chi connectivity index (χ0n) is 15.6. The molecule has 1 amide bonds. The van der Waals surface area contributed by atoms with Crippen molar-refractivity contribution < 1.29 is 27.9 Å². The first kappa shape index (κ1) is 24.3. The van der Waals surface area contributed by atoms with E-state index in [1.165, 1.54) is 28.6 Å². The third-order valence-corrected chi connectivity index (χ3v) is 6.04. The summed E-state index contributed by atoms with van der Waals surface area (Å²) in [6.07, 6.45) is 1.11. The second-order valence-corrected chi connectivity index (χ2v) is 8.09. The first-order chi connectivity index (χ1) is 12.8. The van der Waals surface area contributed by atoms with Crippen LogP contribution in [-0.2, 0) is 24.3 Å². The van der Waals surface area contributed by atoms with Crippen LogP contribution < -0.4 is 10.6 Å². The van der Waals surface area contributed by atoms with E-state index in [0.29, 0.717) is 44.8 Å². The number of carboxylic acid groups (broad SMARTS) is 1. The summed E-state index contributed by atoms with van der Waals surface area (Å²) in [7, 11) is -3.58. The van der Waals surface area contributed by atoms with Gasteiger partial charge in [0.25, 0.3) is 0 Å². The summed E-state index contributed by atoms with van der Waals surface area (Å²) in [6.45, 7) is 3.09. The molecule has 9 nitrogen and oxygen atoms in total. The number of nitrogens with zero attached hydrogens (tertiary/aromatic N) is 1. The summed E-state index contributed by atoms with van der Waals surface area (Å²) in [5, 5.41) is 14.4. The van der Waals surface area contributed by atoms with Crippen molar-refractivity contribution in [1.82, 2.24) is 9.62 Å². The van der Waals surface area contributed by atoms with E-state index in [4.69, 9.17) is 9.84 Å². The number of rotatable bonds is 9. The van der Waals surface area contributed by atoms with Crippen LogP contribution in [0.3, 0.4) is 0 Å². The number of amides is 1. The highest BCUT2D eigenvalue weighted by atomic mass is 35.5. The van der Waals surface area contributed by atoms with Crippen LogP contribution in [-0.4, -0.2) is 68.6 Å². The summed E-state index contributed by atoms with van der Waals surface area (Å²) in [4.78, 5) is 23.2. The Kier molecular flexibility index (Phi) is 9.83. The van der Waals surface area contributed by atoms with Gasteiger partial charge >= 0.3 is 5.97 Å². The molecule has 28 heavy (non-hydrogen) atoms. The molecule has 11 heteroatoms. The molecule has 1 aromatic carbocycles. The van der Waals surface area contributed by atoms with Gasteiger partial charge in [-0.25, -0.2) is 8.42 Å². The molecule has 1 heterocycles. The molecule has 1 aromatic rings. The van der Waals surface area contributed by atoms with Crippen molar-refractivity contribution >= 4 is 40.0 Å². The average molecular weight is 436 g/mol. The van der Waals surface area contributed by atoms with Crippen molar-refractivity contribution in [1.29, 1.82) is 0 Å². The molecule has 0 aliphatic carbocycles. The van der Waals surface area contributed by atoms with Crippen LogP contribution in [0.4, 0.5) is 5.69 Å². The minimum atomic E-state index is -3.58. The lowest BCUT2D eigenvalue weighted by atomic mass is 10.2. The number of sulfonamides is 1. The van der Waals surface area contributed by atoms with Gasteiger partial charge in [0.05, 0.1) is 24.7 Å². The topological polar surface area (TPSA) is 125 Å². The van der Waals surface area contributed by atoms with Crippen LogP contribution in [0, 0.1) is 0 Å². The van der Waals surface area contributed by atoms with Crippen molar-refractivity contribution in [2.45, 2.75) is 30.7 Å². The number of aliphatic carboxylic acids is 1. The van der Waals surface area contributed by atoms with E-state index in [1.54, 1.807) is 0 Å². The van der Waals surface area contributed by atoms with Crippen molar-refractivity contribution in [3.8, 4) is 0 Å². The van der Waals surface area contributed by atoms with Crippen LogP contribution in [0.2, 0.25) is 0 Å². The molecule has 1 atom stereocenters. The molecule has 1 aliphatic rings. The Morgan fingerprint density at radius 3 is 2.36 bits per heavy atom. The Morgan fingerprint density at radius 1 is 1.21 bits per heavy atom. The number of carbonyl (C=O) groups excluding carboxylic acids is 1. The van der Waals surface area contributed by atoms with E-state index >= 15 is 0 Å². The second kappa shape index (κ2) is 11.3. The fourth-order valence-electron chi connectivity index (χ4n) is 2.67. The lowest BCUT2D eigenvalue weighted by molar-refractivity contribution is -0.139. The van der Waals surface area contributed by atoms with Gasteiger partial charge in [-0.05, 0) is 30.7 Å². The Labute approximate surface area is 170 Å². The smallest absolute Gasteiger partial charge is 0.320 e. The number of halogens is 1. The molecule has 1 unspecified atom stereocenters. The number of carbonyl (C=O) groups is 2. The molecule has 2 rings (SSSR count). The maximum Gasteiger partial charge on any atom is 0.320 e. The molecule has 0 spiro atoms. The van der Waals surface area contributed by atoms with Gasteiger partial charge in [-0.2, -0.15) is 4.31 Å². The zero-order valence-corrected chi connectivity index (χ0v) is 17.2. The number of morpholine rings is 1. The Morgan fingerprint density at radius 2 is 1.82 bits per heavy atom. The molecule has 158 valence electrons. The molecule has 1 fully saturated rings. The number of carboxylic acids is 1. The van der Waals surface area contributed by atoms with Crippen LogP contribution in [0.1, 0.15) is 19.8 Å². The molecule has 0 saturated carbocycles. The monoisotopic (exact) mass is 435 g/mol. The van der Waals surface area contributed by atoms with Crippen molar-refractivity contribution in [2.75, 3.05) is 38.2 Å². The normalized spacial score (nSPS) is 16.0. The number of hydrogen-bond donors (Lipinski definition) is 3. The number of hydrogen-bond acceptors (Lipinski definition) is 6. The van der Waals surface area contributed by atoms with E-state index in [1.807, 2.05) is 6.92 Å². The average Bonchev–Trinajstić information content (AvgIpc) is 2.66. The van der Waals surface area contributed by atoms with Crippen LogP contribution in [0.5, 0.6) is 0 Å². The maximum atomic E-state index is 12.5. The fraction of sp³-hybridized carbons (Fsp3) is 0.529. The lowest BCUT2D eigenvalue weighted by Crippen LogP contribution is -2.41. The minimum absolute atomic E-state index is 0. The van der Waals surface area contributed by atoms with Gasteiger partial charge in [-0.1, -0.05) is 13.3 Å². The summed E-state index contributed by atoms with van der Waals surface area (Å²) < 4.78 is 31.6. The van der Waals surface area contributed by atoms with Gasteiger partial charge in [-0.15, -0.1) is 12.4 Å². The summed E-state index contributed by atoms with van der Waals surface area (Å²) in [5.74, 6) is -1.40. The zero-order chi connectivity index (χ0) is 19.9. The minimum Gasteiger partial charge on any atom is -0.480 e. The molecular weight excluding hydrogens is 410 g/mol. The molecule has 0 radical (unpaired) electrons. The molecule has 0 aromatic heterocycles. The molecule has 1 saturated heterocycles. The Hall–Kier alpha value is -1.72. The molecule has 1 aliphatic heterocycles. The highest BCUT2D eigenvalue weighted by molar-refractivity contribution is 7.89. The number of anilines is 1. The number of benzene rings is 1. The quantitative estimate of drug-likeness (QED) is 0.526. The van der Waals surface area contributed by atoms with E-state index < -0.39 is 27.9 Å². The summed E-state index contributed by atoms with van der Waals surface area (Å²) >= 11 is 0. The molecule has 0 bridgehead atoms. The largest absolute Gasteiger partial charge is 0.480 e. The van der Waals surface area contributed by atoms with E-state index in [9.17, 15) is 18.0 Å².